The lowest BCUT2D eigenvalue weighted by atomic mass is 10.3. The fourth-order valence-corrected chi connectivity index (χ4v) is 2.80. The van der Waals surface area contributed by atoms with Crippen molar-refractivity contribution in [3.8, 4) is 5.69 Å². The number of aromatic nitrogens is 4. The monoisotopic (exact) mass is 383 g/mol. The number of ether oxygens (including phenoxy) is 1. The van der Waals surface area contributed by atoms with Gasteiger partial charge in [0.05, 0.1) is 17.6 Å². The van der Waals surface area contributed by atoms with Gasteiger partial charge in [0.15, 0.2) is 6.61 Å². The molecular formula is C19H21N5O4. The van der Waals surface area contributed by atoms with Crippen molar-refractivity contribution in [3.63, 3.8) is 0 Å². The van der Waals surface area contributed by atoms with Crippen LogP contribution in [0.1, 0.15) is 21.7 Å². The number of hydrogen-bond donors (Lipinski definition) is 1. The molecule has 1 N–H and O–H groups in total. The first-order valence-electron chi connectivity index (χ1n) is 8.61. The van der Waals surface area contributed by atoms with Crippen LogP contribution in [0.2, 0.25) is 0 Å². The summed E-state index contributed by atoms with van der Waals surface area (Å²) in [6.45, 7) is 2.94. The molecule has 3 aromatic rings. The number of benzene rings is 1. The topological polar surface area (TPSA) is 100 Å². The second-order valence-corrected chi connectivity index (χ2v) is 6.33. The van der Waals surface area contributed by atoms with Crippen LogP contribution < -0.4 is 10.9 Å². The highest BCUT2D eigenvalue weighted by Gasteiger charge is 2.20. The van der Waals surface area contributed by atoms with Crippen LogP contribution in [-0.2, 0) is 23.6 Å². The van der Waals surface area contributed by atoms with Crippen molar-refractivity contribution in [2.24, 2.45) is 14.1 Å². The third-order valence-corrected chi connectivity index (χ3v) is 4.61. The fourth-order valence-electron chi connectivity index (χ4n) is 2.80. The first kappa shape index (κ1) is 19.2. The van der Waals surface area contributed by atoms with Gasteiger partial charge in [-0.05, 0) is 26.0 Å². The summed E-state index contributed by atoms with van der Waals surface area (Å²) in [5.41, 5.74) is 1.96. The molecule has 2 aromatic heterocycles. The molecule has 0 fully saturated rings. The number of amides is 1. The zero-order valence-electron chi connectivity index (χ0n) is 16.1. The lowest BCUT2D eigenvalue weighted by Gasteiger charge is -2.07. The largest absolute Gasteiger partial charge is 0.452 e. The van der Waals surface area contributed by atoms with Crippen LogP contribution >= 0.6 is 0 Å². The summed E-state index contributed by atoms with van der Waals surface area (Å²) in [5, 5.41) is 6.51. The first-order valence-corrected chi connectivity index (χ1v) is 8.61. The van der Waals surface area contributed by atoms with E-state index in [9.17, 15) is 14.4 Å². The number of anilines is 1. The van der Waals surface area contributed by atoms with E-state index in [1.807, 2.05) is 18.2 Å². The van der Waals surface area contributed by atoms with Gasteiger partial charge in [0.25, 0.3) is 11.5 Å². The van der Waals surface area contributed by atoms with Crippen LogP contribution in [0.15, 0.2) is 41.3 Å². The van der Waals surface area contributed by atoms with Crippen molar-refractivity contribution >= 4 is 17.6 Å². The number of esters is 1. The van der Waals surface area contributed by atoms with Crippen molar-refractivity contribution in [3.05, 3.63) is 63.8 Å². The van der Waals surface area contributed by atoms with E-state index in [4.69, 9.17) is 4.74 Å². The molecule has 0 aliphatic heterocycles. The predicted molar refractivity (Wildman–Crippen MR) is 103 cm³/mol. The molecule has 3 rings (SSSR count). The summed E-state index contributed by atoms with van der Waals surface area (Å²) in [6.07, 6.45) is 1.38. The molecule has 0 unspecified atom stereocenters. The van der Waals surface area contributed by atoms with Gasteiger partial charge in [-0.15, -0.1) is 0 Å². The fraction of sp³-hybridized carbons (Fsp3) is 0.263. The van der Waals surface area contributed by atoms with Crippen molar-refractivity contribution in [1.82, 2.24) is 19.1 Å². The van der Waals surface area contributed by atoms with Gasteiger partial charge in [0.2, 0.25) is 0 Å². The summed E-state index contributed by atoms with van der Waals surface area (Å²) in [5.74, 6) is -1.24. The Morgan fingerprint density at radius 3 is 2.39 bits per heavy atom. The summed E-state index contributed by atoms with van der Waals surface area (Å²) in [4.78, 5) is 37.1. The summed E-state index contributed by atoms with van der Waals surface area (Å²) < 4.78 is 9.68. The van der Waals surface area contributed by atoms with Crippen LogP contribution in [0, 0.1) is 13.8 Å². The molecule has 146 valence electrons. The Hall–Kier alpha value is -3.62. The maximum absolute atomic E-state index is 12.8. The third kappa shape index (κ3) is 3.46. The van der Waals surface area contributed by atoms with Gasteiger partial charge in [-0.2, -0.15) is 5.10 Å². The lowest BCUT2D eigenvalue weighted by molar-refractivity contribution is -0.119. The minimum absolute atomic E-state index is 0.143. The number of rotatable bonds is 5. The molecule has 1 aromatic carbocycles. The maximum Gasteiger partial charge on any atom is 0.342 e. The first-order chi connectivity index (χ1) is 13.3. The van der Waals surface area contributed by atoms with Gasteiger partial charge < -0.3 is 10.1 Å². The molecule has 0 bridgehead atoms. The average Bonchev–Trinajstić information content (AvgIpc) is 3.12. The Morgan fingerprint density at radius 1 is 1.11 bits per heavy atom. The van der Waals surface area contributed by atoms with E-state index < -0.39 is 18.5 Å². The van der Waals surface area contributed by atoms with E-state index in [1.165, 1.54) is 15.6 Å². The number of nitrogens with zero attached hydrogens (tertiary/aromatic N) is 4. The highest BCUT2D eigenvalue weighted by molar-refractivity contribution is 5.96. The van der Waals surface area contributed by atoms with E-state index in [0.29, 0.717) is 17.1 Å². The van der Waals surface area contributed by atoms with Crippen molar-refractivity contribution in [1.29, 1.82) is 0 Å². The molecule has 1 amide bonds. The van der Waals surface area contributed by atoms with E-state index >= 15 is 0 Å². The average molecular weight is 383 g/mol. The predicted octanol–water partition coefficient (Wildman–Crippen LogP) is 1.32. The number of aryl methyl sites for hydroxylation is 1. The summed E-state index contributed by atoms with van der Waals surface area (Å²) >= 11 is 0. The van der Waals surface area contributed by atoms with E-state index in [2.05, 4.69) is 10.4 Å². The summed E-state index contributed by atoms with van der Waals surface area (Å²) in [6, 6.07) is 9.09. The summed E-state index contributed by atoms with van der Waals surface area (Å²) in [7, 11) is 3.43. The van der Waals surface area contributed by atoms with Gasteiger partial charge in [0, 0.05) is 19.8 Å². The molecule has 28 heavy (non-hydrogen) atoms. The Labute approximate surface area is 161 Å². The standard InChI is InChI=1S/C19H21N5O4/c1-12-15(10-20-22(12)3)19(27)28-11-16(25)21-17-13(2)23(4)24(18(17)26)14-8-6-5-7-9-14/h5-10H,11H2,1-4H3,(H,21,25). The van der Waals surface area contributed by atoms with E-state index in [-0.39, 0.29) is 16.8 Å². The van der Waals surface area contributed by atoms with Crippen molar-refractivity contribution in [2.75, 3.05) is 11.9 Å². The van der Waals surface area contributed by atoms with Crippen LogP contribution in [-0.4, -0.2) is 37.6 Å². The Morgan fingerprint density at radius 2 is 1.79 bits per heavy atom. The zero-order valence-corrected chi connectivity index (χ0v) is 16.1. The van der Waals surface area contributed by atoms with Gasteiger partial charge in [0.1, 0.15) is 11.3 Å². The molecule has 9 heteroatoms. The van der Waals surface area contributed by atoms with Gasteiger partial charge in [-0.25, -0.2) is 9.48 Å². The minimum Gasteiger partial charge on any atom is -0.452 e. The lowest BCUT2D eigenvalue weighted by Crippen LogP contribution is -2.26. The van der Waals surface area contributed by atoms with Gasteiger partial charge in [-0.3, -0.25) is 19.0 Å². The molecule has 2 heterocycles. The van der Waals surface area contributed by atoms with E-state index in [0.717, 1.165) is 0 Å². The van der Waals surface area contributed by atoms with Crippen LogP contribution in [0.4, 0.5) is 5.69 Å². The highest BCUT2D eigenvalue weighted by atomic mass is 16.5. The highest BCUT2D eigenvalue weighted by Crippen LogP contribution is 2.14. The molecule has 0 aliphatic carbocycles. The number of hydrogen-bond acceptors (Lipinski definition) is 5. The second kappa shape index (κ2) is 7.55. The molecule has 0 atom stereocenters. The van der Waals surface area contributed by atoms with E-state index in [1.54, 1.807) is 44.8 Å². The molecule has 9 nitrogen and oxygen atoms in total. The normalized spacial score (nSPS) is 10.7. The van der Waals surface area contributed by atoms with Gasteiger partial charge in [-0.1, -0.05) is 18.2 Å². The number of para-hydroxylation sites is 1. The van der Waals surface area contributed by atoms with Crippen molar-refractivity contribution in [2.45, 2.75) is 13.8 Å². The molecular weight excluding hydrogens is 362 g/mol. The Bertz CT molecular complexity index is 1090. The Kier molecular flexibility index (Phi) is 5.16. The smallest absolute Gasteiger partial charge is 0.342 e. The zero-order chi connectivity index (χ0) is 20.4. The SMILES string of the molecule is Cc1c(C(=O)OCC(=O)Nc2c(C)n(C)n(-c3ccccc3)c2=O)cnn1C. The van der Waals surface area contributed by atoms with Gasteiger partial charge >= 0.3 is 5.97 Å². The quantitative estimate of drug-likeness (QED) is 0.670. The van der Waals surface area contributed by atoms with Crippen molar-refractivity contribution < 1.29 is 14.3 Å². The third-order valence-electron chi connectivity index (χ3n) is 4.61. The van der Waals surface area contributed by atoms with Crippen LogP contribution in [0.25, 0.3) is 5.69 Å². The second-order valence-electron chi connectivity index (χ2n) is 6.33. The number of carbonyl (C=O) groups excluding carboxylic acids is 2. The molecule has 0 saturated heterocycles. The number of nitrogens with one attached hydrogen (secondary N) is 1. The molecule has 0 saturated carbocycles. The minimum atomic E-state index is -0.646. The van der Waals surface area contributed by atoms with Crippen LogP contribution in [0.5, 0.6) is 0 Å². The van der Waals surface area contributed by atoms with Crippen LogP contribution in [0.3, 0.4) is 0 Å². The molecule has 0 radical (unpaired) electrons. The maximum atomic E-state index is 12.8. The number of carbonyl (C=O) groups is 2. The molecule has 0 spiro atoms. The molecule has 0 aliphatic rings. The Balaban J connectivity index is 1.74.